The zero-order chi connectivity index (χ0) is 19.5. The lowest BCUT2D eigenvalue weighted by Crippen LogP contribution is -1.95. The highest BCUT2D eigenvalue weighted by Gasteiger charge is 2.21. The first kappa shape index (κ1) is 18.1. The van der Waals surface area contributed by atoms with E-state index in [-0.39, 0.29) is 11.4 Å². The van der Waals surface area contributed by atoms with Crippen LogP contribution >= 0.6 is 12.0 Å². The number of hydrogen-bond donors (Lipinski definition) is 0. The second-order valence-corrected chi connectivity index (χ2v) is 7.19. The first-order valence-corrected chi connectivity index (χ1v) is 9.54. The third-order valence-corrected chi connectivity index (χ3v) is 5.30. The van der Waals surface area contributed by atoms with Gasteiger partial charge in [-0.2, -0.15) is 0 Å². The van der Waals surface area contributed by atoms with E-state index in [1.807, 2.05) is 79.7 Å². The highest BCUT2D eigenvalue weighted by molar-refractivity contribution is 7.95. The summed E-state index contributed by atoms with van der Waals surface area (Å²) in [7, 11) is 0. The molecule has 4 aromatic rings. The monoisotopic (exact) mass is 387 g/mol. The molecule has 0 aliphatic heterocycles. The fraction of sp³-hybridized carbons (Fsp3) is 0.0435. The maximum atomic E-state index is 11.6. The van der Waals surface area contributed by atoms with Gasteiger partial charge in [0.1, 0.15) is 0 Å². The predicted octanol–water partition coefficient (Wildman–Crippen LogP) is 6.81. The Morgan fingerprint density at radius 2 is 1.57 bits per heavy atom. The first-order chi connectivity index (χ1) is 13.6. The van der Waals surface area contributed by atoms with Crippen LogP contribution in [-0.4, -0.2) is 4.92 Å². The standard InChI is InChI=1S/C23H17NO3S/c1-16-12-14-18(15-13-16)20-9-5-10-21(24(25)26)23(20)27-28-22-11-4-7-17-6-2-3-8-19(17)22/h2-15H,1H3. The molecule has 0 N–H and O–H groups in total. The molecular formula is C23H17NO3S. The maximum absolute atomic E-state index is 11.6. The number of para-hydroxylation sites is 1. The van der Waals surface area contributed by atoms with E-state index in [4.69, 9.17) is 4.18 Å². The molecule has 0 aliphatic carbocycles. The summed E-state index contributed by atoms with van der Waals surface area (Å²) in [5.41, 5.74) is 2.65. The third kappa shape index (κ3) is 3.57. The maximum Gasteiger partial charge on any atom is 0.313 e. The topological polar surface area (TPSA) is 52.4 Å². The number of aryl methyl sites for hydroxylation is 1. The number of fused-ring (bicyclic) bond motifs is 1. The Morgan fingerprint density at radius 1 is 0.857 bits per heavy atom. The molecule has 0 unspecified atom stereocenters. The van der Waals surface area contributed by atoms with Crippen LogP contribution in [0.4, 0.5) is 5.69 Å². The average Bonchev–Trinajstić information content (AvgIpc) is 2.72. The highest BCUT2D eigenvalue weighted by Crippen LogP contribution is 2.41. The molecule has 0 fully saturated rings. The van der Waals surface area contributed by atoms with Crippen molar-refractivity contribution in [1.82, 2.24) is 0 Å². The van der Waals surface area contributed by atoms with Crippen LogP contribution in [0.25, 0.3) is 21.9 Å². The van der Waals surface area contributed by atoms with Crippen LogP contribution in [0.5, 0.6) is 5.75 Å². The van der Waals surface area contributed by atoms with Gasteiger partial charge in [0, 0.05) is 11.6 Å². The SMILES string of the molecule is Cc1ccc(-c2cccc([N+](=O)[O-])c2OSc2cccc3ccccc23)cc1. The van der Waals surface area contributed by atoms with Crippen LogP contribution in [0.1, 0.15) is 5.56 Å². The van der Waals surface area contributed by atoms with Gasteiger partial charge in [0.15, 0.2) is 0 Å². The van der Waals surface area contributed by atoms with Gasteiger partial charge in [-0.15, -0.1) is 0 Å². The van der Waals surface area contributed by atoms with Gasteiger partial charge in [0.25, 0.3) is 0 Å². The fourth-order valence-corrected chi connectivity index (χ4v) is 3.83. The van der Waals surface area contributed by atoms with E-state index >= 15 is 0 Å². The summed E-state index contributed by atoms with van der Waals surface area (Å²) in [4.78, 5) is 12.1. The molecule has 0 saturated heterocycles. The minimum Gasteiger partial charge on any atom is -0.413 e. The Hall–Kier alpha value is -3.31. The molecule has 0 radical (unpaired) electrons. The summed E-state index contributed by atoms with van der Waals surface area (Å²) >= 11 is 1.14. The smallest absolute Gasteiger partial charge is 0.313 e. The molecule has 28 heavy (non-hydrogen) atoms. The van der Waals surface area contributed by atoms with Crippen LogP contribution < -0.4 is 4.18 Å². The number of benzene rings is 4. The van der Waals surface area contributed by atoms with Crippen LogP contribution in [0, 0.1) is 17.0 Å². The molecule has 4 rings (SSSR count). The van der Waals surface area contributed by atoms with Crippen LogP contribution in [-0.2, 0) is 0 Å². The van der Waals surface area contributed by atoms with E-state index in [1.165, 1.54) is 6.07 Å². The summed E-state index contributed by atoms with van der Waals surface area (Å²) in [6.45, 7) is 2.00. The normalized spacial score (nSPS) is 10.8. The number of nitro benzene ring substituents is 1. The quantitative estimate of drug-likeness (QED) is 0.214. The van der Waals surface area contributed by atoms with E-state index in [1.54, 1.807) is 6.07 Å². The van der Waals surface area contributed by atoms with Gasteiger partial charge in [-0.05, 0) is 29.3 Å². The Morgan fingerprint density at radius 3 is 2.36 bits per heavy atom. The lowest BCUT2D eigenvalue weighted by atomic mass is 10.0. The van der Waals surface area contributed by atoms with Crippen molar-refractivity contribution in [2.24, 2.45) is 0 Å². The van der Waals surface area contributed by atoms with Crippen LogP contribution in [0.15, 0.2) is 89.8 Å². The zero-order valence-electron chi connectivity index (χ0n) is 15.2. The van der Waals surface area contributed by atoms with Crippen molar-refractivity contribution in [3.8, 4) is 16.9 Å². The lowest BCUT2D eigenvalue weighted by molar-refractivity contribution is -0.385. The van der Waals surface area contributed by atoms with E-state index < -0.39 is 4.92 Å². The van der Waals surface area contributed by atoms with E-state index in [0.717, 1.165) is 38.8 Å². The molecule has 5 heteroatoms. The number of nitrogens with zero attached hydrogens (tertiary/aromatic N) is 1. The molecule has 0 saturated carbocycles. The third-order valence-electron chi connectivity index (χ3n) is 4.52. The Kier molecular flexibility index (Phi) is 5.00. The first-order valence-electron chi connectivity index (χ1n) is 8.80. The van der Waals surface area contributed by atoms with Gasteiger partial charge < -0.3 is 4.18 Å². The van der Waals surface area contributed by atoms with Gasteiger partial charge in [-0.25, -0.2) is 0 Å². The summed E-state index contributed by atoms with van der Waals surface area (Å²) in [5, 5.41) is 13.7. The molecule has 0 aliphatic rings. The molecule has 0 amide bonds. The van der Waals surface area contributed by atoms with Gasteiger partial charge >= 0.3 is 5.69 Å². The van der Waals surface area contributed by atoms with E-state index in [2.05, 4.69) is 0 Å². The molecule has 4 aromatic carbocycles. The van der Waals surface area contributed by atoms with Crippen molar-refractivity contribution in [1.29, 1.82) is 0 Å². The van der Waals surface area contributed by atoms with E-state index in [0.29, 0.717) is 5.56 Å². The highest BCUT2D eigenvalue weighted by atomic mass is 32.2. The van der Waals surface area contributed by atoms with Crippen molar-refractivity contribution in [2.75, 3.05) is 0 Å². The Labute approximate surface area is 167 Å². The van der Waals surface area contributed by atoms with Crippen LogP contribution in [0.3, 0.4) is 0 Å². The summed E-state index contributed by atoms with van der Waals surface area (Å²) < 4.78 is 5.98. The Balaban J connectivity index is 1.75. The number of hydrogen-bond acceptors (Lipinski definition) is 4. The van der Waals surface area contributed by atoms with Crippen LogP contribution in [0.2, 0.25) is 0 Å². The molecule has 0 aromatic heterocycles. The number of rotatable bonds is 5. The predicted molar refractivity (Wildman–Crippen MR) is 114 cm³/mol. The molecule has 138 valence electrons. The van der Waals surface area contributed by atoms with Crippen molar-refractivity contribution in [3.05, 3.63) is 101 Å². The summed E-state index contributed by atoms with van der Waals surface area (Å²) in [6, 6.07) is 26.8. The minimum atomic E-state index is -0.406. The summed E-state index contributed by atoms with van der Waals surface area (Å²) in [5.74, 6) is 0.259. The van der Waals surface area contributed by atoms with Crippen molar-refractivity contribution < 1.29 is 9.11 Å². The van der Waals surface area contributed by atoms with Crippen molar-refractivity contribution >= 4 is 28.5 Å². The van der Waals surface area contributed by atoms with E-state index in [9.17, 15) is 10.1 Å². The second kappa shape index (κ2) is 7.74. The van der Waals surface area contributed by atoms with Gasteiger partial charge in [0.05, 0.1) is 21.9 Å². The summed E-state index contributed by atoms with van der Waals surface area (Å²) in [6.07, 6.45) is 0. The minimum absolute atomic E-state index is 0.0502. The van der Waals surface area contributed by atoms with Gasteiger partial charge in [-0.3, -0.25) is 10.1 Å². The molecule has 4 nitrogen and oxygen atoms in total. The zero-order valence-corrected chi connectivity index (χ0v) is 16.0. The molecule has 0 bridgehead atoms. The van der Waals surface area contributed by atoms with Gasteiger partial charge in [-0.1, -0.05) is 78.4 Å². The van der Waals surface area contributed by atoms with Crippen molar-refractivity contribution in [2.45, 2.75) is 11.8 Å². The lowest BCUT2D eigenvalue weighted by Gasteiger charge is -2.12. The van der Waals surface area contributed by atoms with Crippen molar-refractivity contribution in [3.63, 3.8) is 0 Å². The fourth-order valence-electron chi connectivity index (χ4n) is 3.07. The molecule has 0 atom stereocenters. The molecular weight excluding hydrogens is 370 g/mol. The average molecular weight is 387 g/mol. The molecule has 0 heterocycles. The largest absolute Gasteiger partial charge is 0.413 e. The Bertz CT molecular complexity index is 1150. The number of nitro groups is 1. The van der Waals surface area contributed by atoms with Gasteiger partial charge in [0.2, 0.25) is 5.75 Å². The second-order valence-electron chi connectivity index (χ2n) is 6.42. The molecule has 0 spiro atoms.